The lowest BCUT2D eigenvalue weighted by Gasteiger charge is -2.27. The van der Waals surface area contributed by atoms with E-state index in [2.05, 4.69) is 18.7 Å². The van der Waals surface area contributed by atoms with Gasteiger partial charge in [-0.25, -0.2) is 0 Å². The number of Topliss-reactive ketones (excluding diaryl/α,β-unsaturated/α-hetero) is 1. The molecule has 0 unspecified atom stereocenters. The molecular weight excluding hydrogens is 460 g/mol. The number of amides is 1. The number of aliphatic hydroxyl groups excluding tert-OH is 1. The molecule has 0 spiro atoms. The molecule has 0 saturated carbocycles. The molecule has 2 heterocycles. The highest BCUT2D eigenvalue weighted by molar-refractivity contribution is 7.10. The molecule has 1 aromatic heterocycles. The van der Waals surface area contributed by atoms with Gasteiger partial charge in [0.15, 0.2) is 0 Å². The van der Waals surface area contributed by atoms with Gasteiger partial charge in [0.05, 0.1) is 11.6 Å². The van der Waals surface area contributed by atoms with E-state index in [1.165, 1.54) is 11.3 Å². The van der Waals surface area contributed by atoms with Crippen molar-refractivity contribution in [3.05, 3.63) is 93.7 Å². The second kappa shape index (κ2) is 11.3. The molecule has 4 rings (SSSR count). The van der Waals surface area contributed by atoms with Crippen LogP contribution in [0.15, 0.2) is 77.7 Å². The zero-order valence-electron chi connectivity index (χ0n) is 20.0. The molecule has 1 saturated heterocycles. The Morgan fingerprint density at radius 3 is 2.34 bits per heavy atom. The average Bonchev–Trinajstić information content (AvgIpc) is 3.51. The van der Waals surface area contributed by atoms with E-state index < -0.39 is 17.7 Å². The molecule has 1 aliphatic heterocycles. The minimum absolute atomic E-state index is 0.134. The summed E-state index contributed by atoms with van der Waals surface area (Å²) in [6.45, 7) is 7.38. The summed E-state index contributed by atoms with van der Waals surface area (Å²) >= 11 is 1.47. The molecule has 6 nitrogen and oxygen atoms in total. The van der Waals surface area contributed by atoms with Crippen molar-refractivity contribution in [3.63, 3.8) is 0 Å². The summed E-state index contributed by atoms with van der Waals surface area (Å²) in [5.74, 6) is -0.730. The Hall–Kier alpha value is -3.42. The van der Waals surface area contributed by atoms with Crippen LogP contribution in [0.3, 0.4) is 0 Å². The predicted molar refractivity (Wildman–Crippen MR) is 138 cm³/mol. The molecule has 2 aromatic carbocycles. The molecule has 0 bridgehead atoms. The van der Waals surface area contributed by atoms with Crippen LogP contribution in [0, 0.1) is 0 Å². The van der Waals surface area contributed by atoms with Gasteiger partial charge in [0.25, 0.3) is 11.7 Å². The van der Waals surface area contributed by atoms with Crippen molar-refractivity contribution < 1.29 is 19.4 Å². The first kappa shape index (κ1) is 24.7. The fourth-order valence-corrected chi connectivity index (χ4v) is 5.09. The van der Waals surface area contributed by atoms with Crippen LogP contribution < -0.4 is 4.74 Å². The molecule has 35 heavy (non-hydrogen) atoms. The number of ketones is 1. The lowest BCUT2D eigenvalue weighted by molar-refractivity contribution is -0.140. The Bertz CT molecular complexity index is 1170. The van der Waals surface area contributed by atoms with Gasteiger partial charge in [0.2, 0.25) is 0 Å². The third-order valence-electron chi connectivity index (χ3n) is 6.28. The van der Waals surface area contributed by atoms with Crippen LogP contribution in [0.4, 0.5) is 0 Å². The number of likely N-dealkylation sites (tertiary alicyclic amines) is 1. The predicted octanol–water partition coefficient (Wildman–Crippen LogP) is 5.09. The molecular formula is C28H30N2O4S. The molecule has 182 valence electrons. The Balaban J connectivity index is 1.60. The number of hydrogen-bond donors (Lipinski definition) is 1. The van der Waals surface area contributed by atoms with Crippen LogP contribution in [0.1, 0.15) is 35.9 Å². The molecule has 1 amide bonds. The Morgan fingerprint density at radius 1 is 1.00 bits per heavy atom. The van der Waals surface area contributed by atoms with Crippen molar-refractivity contribution in [1.82, 2.24) is 9.80 Å². The highest BCUT2D eigenvalue weighted by Gasteiger charge is 2.46. The van der Waals surface area contributed by atoms with E-state index in [0.717, 1.165) is 23.5 Å². The maximum atomic E-state index is 13.1. The van der Waals surface area contributed by atoms with Gasteiger partial charge >= 0.3 is 0 Å². The van der Waals surface area contributed by atoms with Crippen LogP contribution >= 0.6 is 11.3 Å². The first-order valence-corrected chi connectivity index (χ1v) is 12.7. The monoisotopic (exact) mass is 490 g/mol. The van der Waals surface area contributed by atoms with E-state index in [1.54, 1.807) is 29.2 Å². The standard InChI is InChI=1S/C28H30N2O4S/c1-3-29(4-2)16-17-30-25(23-11-8-18-35-23)24(27(32)28(30)33)26(31)21-12-14-22(15-13-21)34-19-20-9-6-5-7-10-20/h5-15,18,25,31H,3-4,16-17,19H2,1-2H3/b26-24+/t25-/m0/s1. The summed E-state index contributed by atoms with van der Waals surface area (Å²) in [6.07, 6.45) is 0. The van der Waals surface area contributed by atoms with E-state index in [4.69, 9.17) is 4.74 Å². The number of aliphatic hydroxyl groups is 1. The zero-order valence-corrected chi connectivity index (χ0v) is 20.8. The molecule has 1 atom stereocenters. The Morgan fingerprint density at radius 2 is 1.71 bits per heavy atom. The lowest BCUT2D eigenvalue weighted by atomic mass is 10.00. The smallest absolute Gasteiger partial charge is 0.295 e. The molecule has 1 aliphatic rings. The second-order valence-electron chi connectivity index (χ2n) is 8.33. The van der Waals surface area contributed by atoms with E-state index in [9.17, 15) is 14.7 Å². The van der Waals surface area contributed by atoms with E-state index in [-0.39, 0.29) is 11.3 Å². The maximum absolute atomic E-state index is 13.1. The quantitative estimate of drug-likeness (QED) is 0.244. The summed E-state index contributed by atoms with van der Waals surface area (Å²) in [7, 11) is 0. The minimum atomic E-state index is -0.648. The third-order valence-corrected chi connectivity index (χ3v) is 7.21. The largest absolute Gasteiger partial charge is 0.507 e. The van der Waals surface area contributed by atoms with Crippen molar-refractivity contribution in [2.24, 2.45) is 0 Å². The van der Waals surface area contributed by atoms with Crippen LogP contribution in [0.2, 0.25) is 0 Å². The number of hydrogen-bond acceptors (Lipinski definition) is 6. The molecule has 0 aliphatic carbocycles. The summed E-state index contributed by atoms with van der Waals surface area (Å²) in [5.41, 5.74) is 1.66. The van der Waals surface area contributed by atoms with Gasteiger partial charge in [-0.15, -0.1) is 11.3 Å². The summed E-state index contributed by atoms with van der Waals surface area (Å²) in [4.78, 5) is 30.8. The fourth-order valence-electron chi connectivity index (χ4n) is 4.25. The van der Waals surface area contributed by atoms with Gasteiger partial charge in [-0.05, 0) is 54.4 Å². The van der Waals surface area contributed by atoms with Gasteiger partial charge in [-0.2, -0.15) is 0 Å². The second-order valence-corrected chi connectivity index (χ2v) is 9.31. The van der Waals surface area contributed by atoms with Crippen LogP contribution in [0.25, 0.3) is 5.76 Å². The number of rotatable bonds is 10. The summed E-state index contributed by atoms with van der Waals surface area (Å²) < 4.78 is 5.83. The Kier molecular flexibility index (Phi) is 8.00. The van der Waals surface area contributed by atoms with Gasteiger partial charge in [0.1, 0.15) is 18.1 Å². The van der Waals surface area contributed by atoms with Crippen molar-refractivity contribution >= 4 is 28.8 Å². The first-order valence-electron chi connectivity index (χ1n) is 11.8. The van der Waals surface area contributed by atoms with E-state index in [1.807, 2.05) is 47.8 Å². The van der Waals surface area contributed by atoms with Crippen LogP contribution in [-0.4, -0.2) is 52.8 Å². The number of carbonyl (C=O) groups excluding carboxylic acids is 2. The molecule has 1 N–H and O–H groups in total. The molecule has 1 fully saturated rings. The highest BCUT2D eigenvalue weighted by atomic mass is 32.1. The van der Waals surface area contributed by atoms with E-state index in [0.29, 0.717) is 31.0 Å². The Labute approximate surface area is 210 Å². The van der Waals surface area contributed by atoms with Crippen molar-refractivity contribution in [2.75, 3.05) is 26.2 Å². The zero-order chi connectivity index (χ0) is 24.8. The number of ether oxygens (including phenoxy) is 1. The van der Waals surface area contributed by atoms with Crippen molar-refractivity contribution in [2.45, 2.75) is 26.5 Å². The summed E-state index contributed by atoms with van der Waals surface area (Å²) in [5, 5.41) is 13.1. The van der Waals surface area contributed by atoms with E-state index >= 15 is 0 Å². The maximum Gasteiger partial charge on any atom is 0.295 e. The van der Waals surface area contributed by atoms with Crippen molar-refractivity contribution in [3.8, 4) is 5.75 Å². The first-order chi connectivity index (χ1) is 17.0. The number of likely N-dealkylation sites (N-methyl/N-ethyl adjacent to an activating group) is 1. The number of thiophene rings is 1. The van der Waals surface area contributed by atoms with Crippen LogP contribution in [0.5, 0.6) is 5.75 Å². The molecule has 3 aromatic rings. The number of carbonyl (C=O) groups is 2. The molecule has 7 heteroatoms. The SMILES string of the molecule is CCN(CC)CCN1C(=O)C(=O)/C(=C(/O)c2ccc(OCc3ccccc3)cc2)[C@@H]1c1cccs1. The van der Waals surface area contributed by atoms with Gasteiger partial charge in [-0.1, -0.05) is 50.2 Å². The highest BCUT2D eigenvalue weighted by Crippen LogP contribution is 2.41. The van der Waals surface area contributed by atoms with Gasteiger partial charge in [0, 0.05) is 23.5 Å². The van der Waals surface area contributed by atoms with Gasteiger partial charge < -0.3 is 19.6 Å². The topological polar surface area (TPSA) is 70.1 Å². The van der Waals surface area contributed by atoms with Crippen molar-refractivity contribution in [1.29, 1.82) is 0 Å². The number of nitrogens with zero attached hydrogens (tertiary/aromatic N) is 2. The average molecular weight is 491 g/mol. The lowest BCUT2D eigenvalue weighted by Crippen LogP contribution is -2.37. The normalized spacial score (nSPS) is 17.3. The summed E-state index contributed by atoms with van der Waals surface area (Å²) in [6, 6.07) is 20.0. The molecule has 0 radical (unpaired) electrons. The fraction of sp³-hybridized carbons (Fsp3) is 0.286. The minimum Gasteiger partial charge on any atom is -0.507 e. The third kappa shape index (κ3) is 5.47. The van der Waals surface area contributed by atoms with Gasteiger partial charge in [-0.3, -0.25) is 9.59 Å². The van der Waals surface area contributed by atoms with Crippen LogP contribution in [-0.2, 0) is 16.2 Å². The number of benzene rings is 2.